The molecular formula is C18H26. The zero-order chi connectivity index (χ0) is 12.8. The van der Waals surface area contributed by atoms with Gasteiger partial charge in [-0.1, -0.05) is 43.7 Å². The van der Waals surface area contributed by atoms with Crippen LogP contribution in [0.5, 0.6) is 0 Å². The summed E-state index contributed by atoms with van der Waals surface area (Å²) in [4.78, 5) is 0. The van der Waals surface area contributed by atoms with E-state index in [2.05, 4.69) is 45.0 Å². The molecule has 2 aliphatic carbocycles. The Balaban J connectivity index is 1.85. The van der Waals surface area contributed by atoms with Gasteiger partial charge in [0, 0.05) is 0 Å². The van der Waals surface area contributed by atoms with E-state index in [-0.39, 0.29) is 0 Å². The van der Waals surface area contributed by atoms with Crippen LogP contribution < -0.4 is 0 Å². The summed E-state index contributed by atoms with van der Waals surface area (Å²) in [5.74, 6) is 2.94. The van der Waals surface area contributed by atoms with Crippen molar-refractivity contribution in [3.05, 3.63) is 35.4 Å². The van der Waals surface area contributed by atoms with Gasteiger partial charge in [0.1, 0.15) is 0 Å². The van der Waals surface area contributed by atoms with Crippen molar-refractivity contribution in [3.63, 3.8) is 0 Å². The second-order valence-electron chi connectivity index (χ2n) is 7.38. The highest BCUT2D eigenvalue weighted by Crippen LogP contribution is 2.51. The lowest BCUT2D eigenvalue weighted by Gasteiger charge is -2.47. The summed E-state index contributed by atoms with van der Waals surface area (Å²) in [7, 11) is 0. The summed E-state index contributed by atoms with van der Waals surface area (Å²) in [6.45, 7) is 7.14. The molecule has 18 heavy (non-hydrogen) atoms. The van der Waals surface area contributed by atoms with Gasteiger partial charge in [-0.05, 0) is 67.8 Å². The molecule has 0 heterocycles. The quantitative estimate of drug-likeness (QED) is 0.643. The third-order valence-electron chi connectivity index (χ3n) is 5.36. The first-order chi connectivity index (χ1) is 8.55. The number of fused-ring (bicyclic) bond motifs is 2. The van der Waals surface area contributed by atoms with Gasteiger partial charge in [0.05, 0.1) is 0 Å². The molecule has 0 saturated heterocycles. The van der Waals surface area contributed by atoms with Crippen LogP contribution in [-0.4, -0.2) is 0 Å². The van der Waals surface area contributed by atoms with Crippen LogP contribution in [0.2, 0.25) is 0 Å². The molecule has 1 aromatic rings. The molecule has 0 nitrogen and oxygen atoms in total. The van der Waals surface area contributed by atoms with E-state index in [0.29, 0.717) is 5.41 Å². The van der Waals surface area contributed by atoms with Crippen LogP contribution in [0.15, 0.2) is 24.3 Å². The maximum atomic E-state index is 2.51. The molecule has 0 aromatic heterocycles. The average molecular weight is 242 g/mol. The summed E-state index contributed by atoms with van der Waals surface area (Å²) in [6.07, 6.45) is 7.27. The highest BCUT2D eigenvalue weighted by Gasteiger charge is 2.41. The van der Waals surface area contributed by atoms with Crippen LogP contribution in [0.1, 0.15) is 57.1 Å². The van der Waals surface area contributed by atoms with Gasteiger partial charge >= 0.3 is 0 Å². The molecule has 3 rings (SSSR count). The molecule has 2 fully saturated rings. The zero-order valence-corrected chi connectivity index (χ0v) is 12.1. The maximum Gasteiger partial charge on any atom is -0.00700 e. The maximum absolute atomic E-state index is 2.51. The Labute approximate surface area is 112 Å². The second kappa shape index (κ2) is 4.40. The molecule has 98 valence electrons. The van der Waals surface area contributed by atoms with Crippen LogP contribution in [-0.2, 0) is 5.41 Å². The monoisotopic (exact) mass is 242 g/mol. The van der Waals surface area contributed by atoms with Gasteiger partial charge in [-0.3, -0.25) is 0 Å². The Morgan fingerprint density at radius 1 is 0.944 bits per heavy atom. The fourth-order valence-corrected chi connectivity index (χ4v) is 4.78. The van der Waals surface area contributed by atoms with Crippen LogP contribution in [0, 0.1) is 24.7 Å². The number of hydrogen-bond donors (Lipinski definition) is 0. The van der Waals surface area contributed by atoms with E-state index in [1.807, 2.05) is 0 Å². The normalized spacial score (nSPS) is 39.6. The molecule has 2 saturated carbocycles. The van der Waals surface area contributed by atoms with Crippen molar-refractivity contribution in [1.29, 1.82) is 0 Å². The Morgan fingerprint density at radius 2 is 1.50 bits per heavy atom. The number of aryl methyl sites for hydroxylation is 1. The van der Waals surface area contributed by atoms with Gasteiger partial charge in [0.15, 0.2) is 0 Å². The third kappa shape index (κ3) is 2.22. The van der Waals surface area contributed by atoms with Crippen molar-refractivity contribution >= 4 is 0 Å². The molecular weight excluding hydrogens is 216 g/mol. The fourth-order valence-electron chi connectivity index (χ4n) is 4.78. The first kappa shape index (κ1) is 12.3. The largest absolute Gasteiger partial charge is 0.0625 e. The number of hydrogen-bond acceptors (Lipinski definition) is 0. The van der Waals surface area contributed by atoms with Crippen LogP contribution in [0.25, 0.3) is 0 Å². The summed E-state index contributed by atoms with van der Waals surface area (Å²) >= 11 is 0. The van der Waals surface area contributed by atoms with E-state index >= 15 is 0 Å². The molecule has 0 heteroatoms. The molecule has 0 amide bonds. The number of benzene rings is 1. The third-order valence-corrected chi connectivity index (χ3v) is 5.36. The Kier molecular flexibility index (Phi) is 3.00. The van der Waals surface area contributed by atoms with Crippen LogP contribution in [0.3, 0.4) is 0 Å². The molecule has 2 aliphatic rings. The van der Waals surface area contributed by atoms with Crippen molar-refractivity contribution in [1.82, 2.24) is 0 Å². The molecule has 2 unspecified atom stereocenters. The average Bonchev–Trinajstić information content (AvgIpc) is 2.27. The van der Waals surface area contributed by atoms with Crippen molar-refractivity contribution in [3.8, 4) is 0 Å². The summed E-state index contributed by atoms with van der Waals surface area (Å²) in [6, 6.07) is 9.32. The lowest BCUT2D eigenvalue weighted by Crippen LogP contribution is -2.38. The SMILES string of the molecule is Cc1ccc(C2(C)CC3CC(C)CC(C3)C2)cc1. The highest BCUT2D eigenvalue weighted by atomic mass is 14.5. The molecule has 0 aliphatic heterocycles. The second-order valence-corrected chi connectivity index (χ2v) is 7.38. The number of rotatable bonds is 1. The molecule has 0 N–H and O–H groups in total. The molecule has 2 bridgehead atoms. The Bertz CT molecular complexity index is 396. The summed E-state index contributed by atoms with van der Waals surface area (Å²) in [5.41, 5.74) is 3.41. The van der Waals surface area contributed by atoms with Gasteiger partial charge < -0.3 is 0 Å². The van der Waals surface area contributed by atoms with Gasteiger partial charge in [-0.2, -0.15) is 0 Å². The minimum atomic E-state index is 0.446. The van der Waals surface area contributed by atoms with E-state index < -0.39 is 0 Å². The predicted molar refractivity (Wildman–Crippen MR) is 77.8 cm³/mol. The topological polar surface area (TPSA) is 0 Å². The van der Waals surface area contributed by atoms with Gasteiger partial charge in [-0.25, -0.2) is 0 Å². The van der Waals surface area contributed by atoms with E-state index in [1.165, 1.54) is 37.7 Å². The molecule has 2 atom stereocenters. The first-order valence-corrected chi connectivity index (χ1v) is 7.62. The van der Waals surface area contributed by atoms with E-state index in [0.717, 1.165) is 17.8 Å². The van der Waals surface area contributed by atoms with Crippen molar-refractivity contribution in [2.75, 3.05) is 0 Å². The van der Waals surface area contributed by atoms with E-state index in [1.54, 1.807) is 5.56 Å². The van der Waals surface area contributed by atoms with Crippen molar-refractivity contribution in [2.24, 2.45) is 17.8 Å². The fraction of sp³-hybridized carbons (Fsp3) is 0.667. The first-order valence-electron chi connectivity index (χ1n) is 7.62. The van der Waals surface area contributed by atoms with Gasteiger partial charge in [0.2, 0.25) is 0 Å². The predicted octanol–water partition coefficient (Wildman–Crippen LogP) is 5.10. The zero-order valence-electron chi connectivity index (χ0n) is 12.1. The van der Waals surface area contributed by atoms with Crippen molar-refractivity contribution in [2.45, 2.75) is 58.3 Å². The molecule has 0 spiro atoms. The van der Waals surface area contributed by atoms with Crippen molar-refractivity contribution < 1.29 is 0 Å². The Morgan fingerprint density at radius 3 is 2.06 bits per heavy atom. The molecule has 0 radical (unpaired) electrons. The standard InChI is InChI=1S/C18H26/c1-13-4-6-17(7-5-13)18(3)11-15-8-14(2)9-16(10-15)12-18/h4-7,14-16H,8-12H2,1-3H3. The van der Waals surface area contributed by atoms with Crippen LogP contribution >= 0.6 is 0 Å². The smallest absolute Gasteiger partial charge is 0.00700 e. The van der Waals surface area contributed by atoms with Gasteiger partial charge in [0.25, 0.3) is 0 Å². The minimum absolute atomic E-state index is 0.446. The van der Waals surface area contributed by atoms with Crippen LogP contribution in [0.4, 0.5) is 0 Å². The lowest BCUT2D eigenvalue weighted by molar-refractivity contribution is 0.0899. The minimum Gasteiger partial charge on any atom is -0.0625 e. The van der Waals surface area contributed by atoms with Gasteiger partial charge in [-0.15, -0.1) is 0 Å². The van der Waals surface area contributed by atoms with E-state index in [4.69, 9.17) is 0 Å². The highest BCUT2D eigenvalue weighted by molar-refractivity contribution is 5.29. The summed E-state index contributed by atoms with van der Waals surface area (Å²) < 4.78 is 0. The Hall–Kier alpha value is -0.780. The molecule has 1 aromatic carbocycles. The summed E-state index contributed by atoms with van der Waals surface area (Å²) in [5, 5.41) is 0. The lowest BCUT2D eigenvalue weighted by atomic mass is 9.57. The van der Waals surface area contributed by atoms with E-state index in [9.17, 15) is 0 Å².